The predicted molar refractivity (Wildman–Crippen MR) is 66.1 cm³/mol. The van der Waals surface area contributed by atoms with Gasteiger partial charge in [0.1, 0.15) is 0 Å². The largest absolute Gasteiger partial charge is 0.586 e. The summed E-state index contributed by atoms with van der Waals surface area (Å²) in [7, 11) is 1.68. The number of hydrogen-bond acceptors (Lipinski definition) is 4. The van der Waals surface area contributed by atoms with Gasteiger partial charge in [0.25, 0.3) is 0 Å². The molecule has 0 unspecified atom stereocenters. The number of ether oxygens (including phenoxy) is 2. The maximum absolute atomic E-state index is 13.0. The number of aryl methyl sites for hydroxylation is 1. The maximum atomic E-state index is 13.0. The number of aromatic nitrogens is 1. The van der Waals surface area contributed by atoms with Gasteiger partial charge in [-0.05, 0) is 19.1 Å². The minimum Gasteiger partial charge on any atom is -0.395 e. The Hall–Kier alpha value is -1.89. The lowest BCUT2D eigenvalue weighted by Gasteiger charge is -2.04. The molecule has 1 aromatic heterocycles. The van der Waals surface area contributed by atoms with E-state index in [-0.39, 0.29) is 11.5 Å². The molecule has 4 nitrogen and oxygen atoms in total. The number of fused-ring (bicyclic) bond motifs is 1. The Kier molecular flexibility index (Phi) is 2.60. The first kappa shape index (κ1) is 12.2. The minimum atomic E-state index is -3.59. The molecule has 1 aromatic carbocycles. The smallest absolute Gasteiger partial charge is 0.395 e. The molecule has 0 saturated carbocycles. The number of hydrogen-bond donors (Lipinski definition) is 0. The molecule has 3 rings (SSSR count). The second kappa shape index (κ2) is 4.06. The minimum absolute atomic E-state index is 0.0286. The van der Waals surface area contributed by atoms with Crippen LogP contribution < -0.4 is 14.3 Å². The van der Waals surface area contributed by atoms with Crippen molar-refractivity contribution in [2.45, 2.75) is 13.2 Å². The lowest BCUT2D eigenvalue weighted by Crippen LogP contribution is -2.25. The van der Waals surface area contributed by atoms with Gasteiger partial charge in [-0.25, -0.2) is 0 Å². The first-order valence-corrected chi connectivity index (χ1v) is 6.32. The van der Waals surface area contributed by atoms with Crippen molar-refractivity contribution >= 4 is 11.3 Å². The van der Waals surface area contributed by atoms with Crippen molar-refractivity contribution < 1.29 is 18.3 Å². The van der Waals surface area contributed by atoms with E-state index in [1.807, 2.05) is 17.7 Å². The average Bonchev–Trinajstić information content (AvgIpc) is 2.85. The molecule has 0 bridgehead atoms. The highest BCUT2D eigenvalue weighted by Gasteiger charge is 2.43. The Morgan fingerprint density at radius 1 is 1.26 bits per heavy atom. The summed E-state index contributed by atoms with van der Waals surface area (Å²) in [4.78, 5) is 6.00. The van der Waals surface area contributed by atoms with Gasteiger partial charge < -0.3 is 9.47 Å². The number of thiazole rings is 1. The third kappa shape index (κ3) is 2.10. The summed E-state index contributed by atoms with van der Waals surface area (Å²) in [5.41, 5.74) is 0.699. The third-order valence-corrected chi connectivity index (χ3v) is 3.61. The SMILES string of the molecule is CN=c1sc(C)cn1-c1ccc2c(c1)OC(F)(F)O2. The zero-order chi connectivity index (χ0) is 13.6. The zero-order valence-corrected chi connectivity index (χ0v) is 11.0. The van der Waals surface area contributed by atoms with Crippen molar-refractivity contribution in [2.24, 2.45) is 4.99 Å². The number of halogens is 2. The Bertz CT molecular complexity index is 706. The van der Waals surface area contributed by atoms with Crippen molar-refractivity contribution in [2.75, 3.05) is 7.05 Å². The Morgan fingerprint density at radius 3 is 2.74 bits per heavy atom. The van der Waals surface area contributed by atoms with Gasteiger partial charge in [-0.1, -0.05) is 0 Å². The normalized spacial score (nSPS) is 16.9. The first-order valence-electron chi connectivity index (χ1n) is 5.51. The molecule has 100 valence electrons. The van der Waals surface area contributed by atoms with E-state index >= 15 is 0 Å². The van der Waals surface area contributed by atoms with Crippen molar-refractivity contribution in [3.05, 3.63) is 34.1 Å². The van der Waals surface area contributed by atoms with Crippen LogP contribution in [0.15, 0.2) is 29.4 Å². The van der Waals surface area contributed by atoms with Crippen LogP contribution in [0.5, 0.6) is 11.5 Å². The third-order valence-electron chi connectivity index (χ3n) is 2.62. The summed E-state index contributed by atoms with van der Waals surface area (Å²) < 4.78 is 36.5. The number of alkyl halides is 2. The van der Waals surface area contributed by atoms with Crippen LogP contribution in [0.4, 0.5) is 8.78 Å². The number of benzene rings is 1. The van der Waals surface area contributed by atoms with Crippen molar-refractivity contribution in [1.82, 2.24) is 4.57 Å². The van der Waals surface area contributed by atoms with Crippen LogP contribution in [-0.2, 0) is 0 Å². The molecule has 2 heterocycles. The summed E-state index contributed by atoms with van der Waals surface area (Å²) in [6.45, 7) is 1.96. The number of nitrogens with zero attached hydrogens (tertiary/aromatic N) is 2. The molecule has 2 aromatic rings. The lowest BCUT2D eigenvalue weighted by molar-refractivity contribution is -0.286. The molecule has 19 heavy (non-hydrogen) atoms. The molecule has 0 atom stereocenters. The van der Waals surface area contributed by atoms with Gasteiger partial charge in [-0.15, -0.1) is 20.1 Å². The first-order chi connectivity index (χ1) is 8.98. The van der Waals surface area contributed by atoms with Crippen LogP contribution in [0.1, 0.15) is 4.88 Å². The van der Waals surface area contributed by atoms with Gasteiger partial charge in [0.15, 0.2) is 16.3 Å². The van der Waals surface area contributed by atoms with E-state index in [9.17, 15) is 8.78 Å². The molecule has 0 saturated heterocycles. The van der Waals surface area contributed by atoms with Gasteiger partial charge in [0, 0.05) is 24.2 Å². The molecule has 0 N–H and O–H groups in total. The van der Waals surface area contributed by atoms with Crippen LogP contribution in [-0.4, -0.2) is 17.9 Å². The van der Waals surface area contributed by atoms with E-state index in [2.05, 4.69) is 14.5 Å². The molecular formula is C12H10F2N2O2S. The quantitative estimate of drug-likeness (QED) is 0.807. The molecule has 0 amide bonds. The average molecular weight is 284 g/mol. The van der Waals surface area contributed by atoms with Crippen LogP contribution >= 0.6 is 11.3 Å². The molecule has 0 spiro atoms. The predicted octanol–water partition coefficient (Wildman–Crippen LogP) is 2.70. The summed E-state index contributed by atoms with van der Waals surface area (Å²) in [6.07, 6.45) is -1.70. The van der Waals surface area contributed by atoms with Crippen LogP contribution in [0, 0.1) is 6.92 Å². The summed E-state index contributed by atoms with van der Waals surface area (Å²) in [5.74, 6) is 0.0668. The molecular weight excluding hydrogens is 274 g/mol. The molecule has 0 aliphatic carbocycles. The van der Waals surface area contributed by atoms with E-state index < -0.39 is 6.29 Å². The second-order valence-electron chi connectivity index (χ2n) is 4.02. The summed E-state index contributed by atoms with van der Waals surface area (Å²) >= 11 is 1.52. The van der Waals surface area contributed by atoms with Gasteiger partial charge >= 0.3 is 6.29 Å². The standard InChI is InChI=1S/C12H10F2N2O2S/c1-7-6-16(11(15-2)19-7)8-3-4-9-10(5-8)18-12(13,14)17-9/h3-6H,1-2H3. The van der Waals surface area contributed by atoms with Gasteiger partial charge in [-0.2, -0.15) is 0 Å². The zero-order valence-electron chi connectivity index (χ0n) is 10.2. The maximum Gasteiger partial charge on any atom is 0.586 e. The van der Waals surface area contributed by atoms with E-state index in [4.69, 9.17) is 0 Å². The van der Waals surface area contributed by atoms with Crippen LogP contribution in [0.3, 0.4) is 0 Å². The van der Waals surface area contributed by atoms with Crippen molar-refractivity contribution in [1.29, 1.82) is 0 Å². The van der Waals surface area contributed by atoms with Gasteiger partial charge in [0.05, 0.1) is 5.69 Å². The Balaban J connectivity index is 2.09. The highest BCUT2D eigenvalue weighted by molar-refractivity contribution is 7.09. The fourth-order valence-corrected chi connectivity index (χ4v) is 2.68. The van der Waals surface area contributed by atoms with Crippen molar-refractivity contribution in [3.8, 4) is 17.2 Å². The van der Waals surface area contributed by atoms with E-state index in [0.717, 1.165) is 9.68 Å². The molecule has 1 aliphatic rings. The topological polar surface area (TPSA) is 35.8 Å². The van der Waals surface area contributed by atoms with Gasteiger partial charge in [0.2, 0.25) is 0 Å². The van der Waals surface area contributed by atoms with Crippen LogP contribution in [0.2, 0.25) is 0 Å². The summed E-state index contributed by atoms with van der Waals surface area (Å²) in [6, 6.07) is 4.66. The second-order valence-corrected chi connectivity index (χ2v) is 5.23. The van der Waals surface area contributed by atoms with E-state index in [1.165, 1.54) is 23.5 Å². The van der Waals surface area contributed by atoms with Gasteiger partial charge in [-0.3, -0.25) is 9.56 Å². The molecule has 7 heteroatoms. The monoisotopic (exact) mass is 284 g/mol. The highest BCUT2D eigenvalue weighted by atomic mass is 32.1. The van der Waals surface area contributed by atoms with Crippen LogP contribution in [0.25, 0.3) is 5.69 Å². The molecule has 0 radical (unpaired) electrons. The highest BCUT2D eigenvalue weighted by Crippen LogP contribution is 2.41. The fourth-order valence-electron chi connectivity index (χ4n) is 1.88. The number of rotatable bonds is 1. The fraction of sp³-hybridized carbons (Fsp3) is 0.250. The van der Waals surface area contributed by atoms with E-state index in [1.54, 1.807) is 13.1 Å². The lowest BCUT2D eigenvalue weighted by atomic mass is 10.3. The Morgan fingerprint density at radius 2 is 2.00 bits per heavy atom. The van der Waals surface area contributed by atoms with Crippen molar-refractivity contribution in [3.63, 3.8) is 0 Å². The Labute approximate surface area is 111 Å². The molecule has 0 fully saturated rings. The van der Waals surface area contributed by atoms with E-state index in [0.29, 0.717) is 5.69 Å². The summed E-state index contributed by atoms with van der Waals surface area (Å²) in [5, 5.41) is 0. The molecule has 1 aliphatic heterocycles.